The van der Waals surface area contributed by atoms with E-state index in [4.69, 9.17) is 4.74 Å². The lowest BCUT2D eigenvalue weighted by Crippen LogP contribution is -2.13. The molecule has 0 aliphatic rings. The smallest absolute Gasteiger partial charge is 0.343 e. The predicted molar refractivity (Wildman–Crippen MR) is 94.1 cm³/mol. The summed E-state index contributed by atoms with van der Waals surface area (Å²) in [6, 6.07) is 3.85. The molecule has 0 aliphatic carbocycles. The van der Waals surface area contributed by atoms with Crippen LogP contribution in [0, 0.1) is 0 Å². The van der Waals surface area contributed by atoms with Crippen LogP contribution in [-0.2, 0) is 9.53 Å². The van der Waals surface area contributed by atoms with Crippen molar-refractivity contribution in [2.75, 3.05) is 13.7 Å². The molecule has 134 valence electrons. The van der Waals surface area contributed by atoms with Crippen molar-refractivity contribution < 1.29 is 19.4 Å². The van der Waals surface area contributed by atoms with Crippen molar-refractivity contribution in [3.8, 4) is 5.88 Å². The summed E-state index contributed by atoms with van der Waals surface area (Å²) in [4.78, 5) is 15.3. The summed E-state index contributed by atoms with van der Waals surface area (Å²) >= 11 is 0. The van der Waals surface area contributed by atoms with E-state index in [2.05, 4.69) is 23.2 Å². The normalized spacial score (nSPS) is 13.1. The van der Waals surface area contributed by atoms with Crippen LogP contribution in [0.4, 0.5) is 0 Å². The molecule has 0 saturated heterocycles. The molecule has 1 rings (SSSR count). The number of unbranched alkanes of at least 4 members (excludes halogenated alkanes) is 2. The highest BCUT2D eigenvalue weighted by molar-refractivity contribution is 5.70. The fourth-order valence-corrected chi connectivity index (χ4v) is 2.56. The van der Waals surface area contributed by atoms with Gasteiger partial charge in [0.25, 0.3) is 0 Å². The summed E-state index contributed by atoms with van der Waals surface area (Å²) in [6.07, 6.45) is 8.90. The maximum Gasteiger partial charge on any atom is 0.343 e. The fraction of sp³-hybridized carbons (Fsp3) is 0.579. The standard InChI is InChI=1S/C19H29NO4/c1-4-6-7-8-15(9-10-17(21)5-2)16-11-12-20-18(13-16)24-14-19(22)23-3/h5,11-13,15,17,21H,2,4,6-10,14H2,1,3H3/t15-,17+/m0/s1. The first-order valence-corrected chi connectivity index (χ1v) is 8.56. The summed E-state index contributed by atoms with van der Waals surface area (Å²) in [5.74, 6) is 0.313. The molecule has 5 nitrogen and oxygen atoms in total. The Labute approximate surface area is 144 Å². The molecule has 1 aromatic heterocycles. The second-order valence-electron chi connectivity index (χ2n) is 5.87. The zero-order valence-electron chi connectivity index (χ0n) is 14.7. The highest BCUT2D eigenvalue weighted by Crippen LogP contribution is 2.29. The minimum Gasteiger partial charge on any atom is -0.466 e. The second-order valence-corrected chi connectivity index (χ2v) is 5.87. The van der Waals surface area contributed by atoms with Gasteiger partial charge < -0.3 is 14.6 Å². The van der Waals surface area contributed by atoms with Gasteiger partial charge in [-0.05, 0) is 36.8 Å². The van der Waals surface area contributed by atoms with Gasteiger partial charge >= 0.3 is 5.97 Å². The summed E-state index contributed by atoms with van der Waals surface area (Å²) in [5.41, 5.74) is 1.12. The van der Waals surface area contributed by atoms with E-state index >= 15 is 0 Å². The summed E-state index contributed by atoms with van der Waals surface area (Å²) in [7, 11) is 1.32. The van der Waals surface area contributed by atoms with E-state index < -0.39 is 12.1 Å². The molecular formula is C19H29NO4. The third-order valence-corrected chi connectivity index (χ3v) is 4.03. The van der Waals surface area contributed by atoms with Crippen molar-refractivity contribution in [2.24, 2.45) is 0 Å². The number of nitrogens with zero attached hydrogens (tertiary/aromatic N) is 1. The third-order valence-electron chi connectivity index (χ3n) is 4.03. The molecule has 1 aromatic rings. The van der Waals surface area contributed by atoms with Gasteiger partial charge in [-0.2, -0.15) is 0 Å². The topological polar surface area (TPSA) is 68.7 Å². The number of carbonyl (C=O) groups excluding carboxylic acids is 1. The Hall–Kier alpha value is -1.88. The van der Waals surface area contributed by atoms with E-state index in [9.17, 15) is 9.90 Å². The molecule has 0 amide bonds. The average Bonchev–Trinajstić information content (AvgIpc) is 2.62. The van der Waals surface area contributed by atoms with E-state index in [1.165, 1.54) is 20.0 Å². The van der Waals surface area contributed by atoms with Gasteiger partial charge in [0, 0.05) is 12.3 Å². The van der Waals surface area contributed by atoms with Gasteiger partial charge in [-0.25, -0.2) is 9.78 Å². The first kappa shape index (κ1) is 20.2. The van der Waals surface area contributed by atoms with Crippen LogP contribution >= 0.6 is 0 Å². The van der Waals surface area contributed by atoms with Gasteiger partial charge in [0.05, 0.1) is 13.2 Å². The average molecular weight is 335 g/mol. The quantitative estimate of drug-likeness (QED) is 0.359. The lowest BCUT2D eigenvalue weighted by molar-refractivity contribution is -0.143. The van der Waals surface area contributed by atoms with Crippen LogP contribution in [0.3, 0.4) is 0 Å². The van der Waals surface area contributed by atoms with E-state index in [1.807, 2.05) is 12.1 Å². The van der Waals surface area contributed by atoms with Crippen LogP contribution in [0.1, 0.15) is 56.9 Å². The minimum atomic E-state index is -0.476. The molecule has 0 fully saturated rings. The number of ether oxygens (including phenoxy) is 2. The Morgan fingerprint density at radius 1 is 1.38 bits per heavy atom. The van der Waals surface area contributed by atoms with E-state index in [1.54, 1.807) is 12.3 Å². The van der Waals surface area contributed by atoms with Gasteiger partial charge in [0.15, 0.2) is 6.61 Å². The first-order valence-electron chi connectivity index (χ1n) is 8.56. The van der Waals surface area contributed by atoms with Crippen molar-refractivity contribution in [3.63, 3.8) is 0 Å². The number of aliphatic hydroxyl groups excluding tert-OH is 1. The van der Waals surface area contributed by atoms with Crippen molar-refractivity contribution in [1.29, 1.82) is 0 Å². The number of carbonyl (C=O) groups is 1. The van der Waals surface area contributed by atoms with Crippen molar-refractivity contribution in [1.82, 2.24) is 4.98 Å². The molecule has 0 spiro atoms. The van der Waals surface area contributed by atoms with Gasteiger partial charge in [0.2, 0.25) is 5.88 Å². The number of pyridine rings is 1. The second kappa shape index (κ2) is 11.6. The number of hydrogen-bond acceptors (Lipinski definition) is 5. The Balaban J connectivity index is 2.75. The largest absolute Gasteiger partial charge is 0.466 e. The number of methoxy groups -OCH3 is 1. The van der Waals surface area contributed by atoms with Crippen molar-refractivity contribution >= 4 is 5.97 Å². The van der Waals surface area contributed by atoms with Gasteiger partial charge in [0.1, 0.15) is 0 Å². The number of aliphatic hydroxyl groups is 1. The molecule has 2 atom stereocenters. The van der Waals surface area contributed by atoms with Crippen LogP contribution in [0.25, 0.3) is 0 Å². The van der Waals surface area contributed by atoms with Crippen LogP contribution in [0.2, 0.25) is 0 Å². The molecule has 0 aromatic carbocycles. The summed E-state index contributed by atoms with van der Waals surface area (Å²) in [6.45, 7) is 5.66. The van der Waals surface area contributed by atoms with Crippen LogP contribution < -0.4 is 4.74 Å². The Morgan fingerprint density at radius 2 is 2.17 bits per heavy atom. The predicted octanol–water partition coefficient (Wildman–Crippen LogP) is 3.62. The molecule has 0 unspecified atom stereocenters. The van der Waals surface area contributed by atoms with Crippen molar-refractivity contribution in [2.45, 2.75) is 57.5 Å². The van der Waals surface area contributed by atoms with Crippen molar-refractivity contribution in [3.05, 3.63) is 36.5 Å². The van der Waals surface area contributed by atoms with Gasteiger partial charge in [-0.1, -0.05) is 32.3 Å². The van der Waals surface area contributed by atoms with Crippen LogP contribution in [0.5, 0.6) is 5.88 Å². The zero-order valence-corrected chi connectivity index (χ0v) is 14.7. The Morgan fingerprint density at radius 3 is 2.83 bits per heavy atom. The van der Waals surface area contributed by atoms with E-state index in [0.717, 1.165) is 24.8 Å². The maximum absolute atomic E-state index is 11.2. The number of hydrogen-bond donors (Lipinski definition) is 1. The molecule has 24 heavy (non-hydrogen) atoms. The number of aromatic nitrogens is 1. The lowest BCUT2D eigenvalue weighted by atomic mass is 9.89. The Bertz CT molecular complexity index is 504. The first-order chi connectivity index (χ1) is 11.6. The van der Waals surface area contributed by atoms with E-state index in [-0.39, 0.29) is 6.61 Å². The lowest BCUT2D eigenvalue weighted by Gasteiger charge is -2.19. The molecule has 0 saturated carbocycles. The fourth-order valence-electron chi connectivity index (χ4n) is 2.56. The molecule has 1 heterocycles. The summed E-state index contributed by atoms with van der Waals surface area (Å²) in [5, 5.41) is 9.75. The highest BCUT2D eigenvalue weighted by atomic mass is 16.6. The molecule has 0 aliphatic heterocycles. The van der Waals surface area contributed by atoms with Crippen LogP contribution in [-0.4, -0.2) is 35.9 Å². The summed E-state index contributed by atoms with van der Waals surface area (Å²) < 4.78 is 9.93. The zero-order chi connectivity index (χ0) is 17.8. The number of esters is 1. The Kier molecular flexibility index (Phi) is 9.77. The van der Waals surface area contributed by atoms with Crippen LogP contribution in [0.15, 0.2) is 31.0 Å². The minimum absolute atomic E-state index is 0.150. The molecule has 5 heteroatoms. The van der Waals surface area contributed by atoms with Gasteiger partial charge in [-0.15, -0.1) is 6.58 Å². The monoisotopic (exact) mass is 335 g/mol. The van der Waals surface area contributed by atoms with Gasteiger partial charge in [-0.3, -0.25) is 0 Å². The maximum atomic E-state index is 11.2. The van der Waals surface area contributed by atoms with E-state index in [0.29, 0.717) is 18.2 Å². The highest BCUT2D eigenvalue weighted by Gasteiger charge is 2.14. The molecule has 0 radical (unpaired) electrons. The third kappa shape index (κ3) is 7.59. The molecular weight excluding hydrogens is 306 g/mol. The SMILES string of the molecule is C=C[C@@H](O)CC[C@H](CCCCC)c1ccnc(OCC(=O)OC)c1. The molecule has 1 N–H and O–H groups in total. The molecule has 0 bridgehead atoms. The number of rotatable bonds is 12.